The van der Waals surface area contributed by atoms with Crippen molar-refractivity contribution in [1.82, 2.24) is 4.58 Å². The highest BCUT2D eigenvalue weighted by Gasteiger charge is 2.44. The molecule has 0 spiro atoms. The van der Waals surface area contributed by atoms with Gasteiger partial charge in [-0.3, -0.25) is 0 Å². The van der Waals surface area contributed by atoms with E-state index in [1.54, 1.807) is 12.1 Å². The molecule has 0 bridgehead atoms. The molecule has 0 aliphatic carbocycles. The topological polar surface area (TPSA) is 93.2 Å². The Labute approximate surface area is 167 Å². The van der Waals surface area contributed by atoms with Gasteiger partial charge < -0.3 is 25.2 Å². The third-order valence-electron chi connectivity index (χ3n) is 5.49. The van der Waals surface area contributed by atoms with Gasteiger partial charge in [0.1, 0.15) is 42.8 Å². The molecule has 7 heteroatoms. The molecule has 2 aliphatic rings. The Morgan fingerprint density at radius 2 is 1.82 bits per heavy atom. The molecule has 0 radical (unpaired) electrons. The summed E-state index contributed by atoms with van der Waals surface area (Å²) in [6, 6.07) is 11.5. The van der Waals surface area contributed by atoms with Crippen molar-refractivity contribution in [3.8, 4) is 0 Å². The van der Waals surface area contributed by atoms with E-state index in [2.05, 4.69) is 29.0 Å². The highest BCUT2D eigenvalue weighted by atomic mass is 35.5. The normalized spacial score (nSPS) is 29.1. The van der Waals surface area contributed by atoms with Crippen molar-refractivity contribution < 1.29 is 25.2 Å². The molecule has 0 aromatic heterocycles. The van der Waals surface area contributed by atoms with Crippen molar-refractivity contribution in [2.75, 3.05) is 13.7 Å². The molecule has 6 nitrogen and oxygen atoms in total. The van der Waals surface area contributed by atoms with Gasteiger partial charge in [0.05, 0.1) is 6.61 Å². The zero-order valence-corrected chi connectivity index (χ0v) is 16.1. The second kappa shape index (κ2) is 7.55. The van der Waals surface area contributed by atoms with Gasteiger partial charge in [-0.15, -0.1) is 0 Å². The summed E-state index contributed by atoms with van der Waals surface area (Å²) in [5.41, 5.74) is 2.60. The van der Waals surface area contributed by atoms with E-state index in [9.17, 15) is 20.4 Å². The second-order valence-corrected chi connectivity index (χ2v) is 7.82. The number of fused-ring (bicyclic) bond motifs is 1. The Kier molecular flexibility index (Phi) is 5.26. The number of hydrogen-bond donors (Lipinski definition) is 4. The summed E-state index contributed by atoms with van der Waals surface area (Å²) >= 11 is 6.39. The molecule has 4 rings (SSSR count). The smallest absolute Gasteiger partial charge is 0.218 e. The molecule has 0 saturated carbocycles. The zero-order chi connectivity index (χ0) is 20.0. The first-order valence-corrected chi connectivity index (χ1v) is 9.56. The number of aliphatic hydroxyl groups is 4. The van der Waals surface area contributed by atoms with Crippen molar-refractivity contribution in [2.24, 2.45) is 0 Å². The molecule has 0 amide bonds. The average molecular weight is 405 g/mol. The molecule has 2 aromatic rings. The number of rotatable bonds is 4. The van der Waals surface area contributed by atoms with E-state index in [1.807, 2.05) is 13.1 Å². The summed E-state index contributed by atoms with van der Waals surface area (Å²) in [5, 5.41) is 42.7. The van der Waals surface area contributed by atoms with Gasteiger partial charge in [-0.1, -0.05) is 29.8 Å². The lowest BCUT2D eigenvalue weighted by Crippen LogP contribution is -2.55. The summed E-state index contributed by atoms with van der Waals surface area (Å²) < 4.78 is 7.72. The molecular formula is C21H23ClNO5+. The van der Waals surface area contributed by atoms with Crippen molar-refractivity contribution in [3.63, 3.8) is 0 Å². The minimum atomic E-state index is -1.41. The van der Waals surface area contributed by atoms with Crippen molar-refractivity contribution in [1.29, 1.82) is 0 Å². The van der Waals surface area contributed by atoms with E-state index in [1.165, 1.54) is 10.6 Å². The van der Waals surface area contributed by atoms with Gasteiger partial charge >= 0.3 is 0 Å². The summed E-state index contributed by atoms with van der Waals surface area (Å²) in [7, 11) is 2.00. The fourth-order valence-corrected chi connectivity index (χ4v) is 4.04. The Morgan fingerprint density at radius 3 is 2.50 bits per heavy atom. The SMILES string of the molecule is C[N+]1=c2ccc(Cc3cc(C4OC(CO)C(O)C(O)C4O)ccc3Cl)cc2=C1. The lowest BCUT2D eigenvalue weighted by Gasteiger charge is -2.40. The van der Waals surface area contributed by atoms with Gasteiger partial charge in [-0.25, -0.2) is 0 Å². The molecule has 4 N–H and O–H groups in total. The quantitative estimate of drug-likeness (QED) is 0.507. The minimum absolute atomic E-state index is 0.456. The summed E-state index contributed by atoms with van der Waals surface area (Å²) in [6.45, 7) is -0.456. The van der Waals surface area contributed by atoms with Crippen LogP contribution in [0.4, 0.5) is 0 Å². The highest BCUT2D eigenvalue weighted by molar-refractivity contribution is 6.31. The zero-order valence-electron chi connectivity index (χ0n) is 15.4. The first-order valence-electron chi connectivity index (χ1n) is 9.18. The third kappa shape index (κ3) is 3.37. The standard InChI is InChI=1S/C21H23ClNO5/c1-23-9-14-7-11(2-5-16(14)23)6-13-8-12(3-4-15(13)22)21-20(27)19(26)18(25)17(10-24)28-21/h2-5,7-9,17-21,24-27H,6,10H2,1H3/q+1. The molecule has 28 heavy (non-hydrogen) atoms. The van der Waals surface area contributed by atoms with E-state index in [0.29, 0.717) is 17.0 Å². The molecule has 1 fully saturated rings. The Hall–Kier alpha value is -1.80. The molecule has 2 heterocycles. The number of hydrogen-bond acceptors (Lipinski definition) is 5. The molecule has 5 unspecified atom stereocenters. The van der Waals surface area contributed by atoms with Crippen LogP contribution < -0.4 is 15.2 Å². The van der Waals surface area contributed by atoms with Crippen LogP contribution in [0, 0.1) is 0 Å². The second-order valence-electron chi connectivity index (χ2n) is 7.41. The maximum absolute atomic E-state index is 10.4. The molecule has 1 saturated heterocycles. The summed E-state index contributed by atoms with van der Waals surface area (Å²) in [4.78, 5) is 0. The monoisotopic (exact) mass is 404 g/mol. The van der Waals surface area contributed by atoms with Crippen molar-refractivity contribution in [2.45, 2.75) is 36.9 Å². The minimum Gasteiger partial charge on any atom is -0.394 e. The number of benzene rings is 2. The number of halogens is 1. The Balaban J connectivity index is 1.62. The first kappa shape index (κ1) is 19.5. The van der Waals surface area contributed by atoms with Gasteiger partial charge in [-0.05, 0) is 35.2 Å². The summed E-state index contributed by atoms with van der Waals surface area (Å²) in [6.07, 6.45) is -3.24. The lowest BCUT2D eigenvalue weighted by atomic mass is 9.90. The Bertz CT molecular complexity index is 1020. The highest BCUT2D eigenvalue weighted by Crippen LogP contribution is 2.34. The van der Waals surface area contributed by atoms with Gasteiger partial charge in [0.2, 0.25) is 5.36 Å². The van der Waals surface area contributed by atoms with E-state index in [0.717, 1.165) is 11.1 Å². The van der Waals surface area contributed by atoms with E-state index < -0.39 is 37.1 Å². The van der Waals surface area contributed by atoms with Gasteiger partial charge in [0.25, 0.3) is 0 Å². The molecule has 2 aliphatic heterocycles. The third-order valence-corrected chi connectivity index (χ3v) is 5.86. The van der Waals surface area contributed by atoms with Gasteiger partial charge in [-0.2, -0.15) is 4.58 Å². The fourth-order valence-electron chi connectivity index (χ4n) is 3.85. The van der Waals surface area contributed by atoms with Crippen LogP contribution in [0.25, 0.3) is 6.20 Å². The van der Waals surface area contributed by atoms with Crippen LogP contribution in [-0.2, 0) is 11.2 Å². The number of nitrogens with zero attached hydrogens (tertiary/aromatic N) is 1. The van der Waals surface area contributed by atoms with Crippen LogP contribution in [0.3, 0.4) is 0 Å². The average Bonchev–Trinajstić information content (AvgIpc) is 2.68. The van der Waals surface area contributed by atoms with Gasteiger partial charge in [0, 0.05) is 11.1 Å². The van der Waals surface area contributed by atoms with Crippen LogP contribution in [0.15, 0.2) is 36.4 Å². The largest absolute Gasteiger partial charge is 0.394 e. The van der Waals surface area contributed by atoms with E-state index in [4.69, 9.17) is 16.3 Å². The summed E-state index contributed by atoms with van der Waals surface area (Å²) in [5.74, 6) is 0. The van der Waals surface area contributed by atoms with Crippen LogP contribution in [0.2, 0.25) is 5.02 Å². The maximum atomic E-state index is 10.4. The predicted molar refractivity (Wildman–Crippen MR) is 104 cm³/mol. The first-order chi connectivity index (χ1) is 13.4. The molecule has 2 aromatic carbocycles. The number of aliphatic hydroxyl groups excluding tert-OH is 4. The number of ether oxygens (including phenoxy) is 1. The van der Waals surface area contributed by atoms with Crippen molar-refractivity contribution >= 4 is 17.8 Å². The molecule has 148 valence electrons. The Morgan fingerprint density at radius 1 is 1.04 bits per heavy atom. The van der Waals surface area contributed by atoms with Crippen molar-refractivity contribution in [3.05, 3.63) is 68.7 Å². The predicted octanol–water partition coefficient (Wildman–Crippen LogP) is -0.682. The van der Waals surface area contributed by atoms with Crippen LogP contribution in [0.5, 0.6) is 0 Å². The van der Waals surface area contributed by atoms with E-state index in [-0.39, 0.29) is 0 Å². The molecular weight excluding hydrogens is 382 g/mol. The molecule has 5 atom stereocenters. The van der Waals surface area contributed by atoms with E-state index >= 15 is 0 Å². The van der Waals surface area contributed by atoms with Crippen LogP contribution in [0.1, 0.15) is 22.8 Å². The fraction of sp³-hybridized carbons (Fsp3) is 0.381. The van der Waals surface area contributed by atoms with Gasteiger partial charge in [0.15, 0.2) is 6.20 Å². The maximum Gasteiger partial charge on any atom is 0.218 e. The van der Waals surface area contributed by atoms with Crippen LogP contribution >= 0.6 is 11.6 Å². The van der Waals surface area contributed by atoms with Crippen LogP contribution in [-0.4, -0.2) is 58.5 Å². The lowest BCUT2D eigenvalue weighted by molar-refractivity contribution is -0.231.